The van der Waals surface area contributed by atoms with Gasteiger partial charge in [-0.25, -0.2) is 17.8 Å². The van der Waals surface area contributed by atoms with E-state index in [1.54, 1.807) is 12.1 Å². The van der Waals surface area contributed by atoms with Gasteiger partial charge >= 0.3 is 0 Å². The van der Waals surface area contributed by atoms with Crippen molar-refractivity contribution in [2.24, 2.45) is 0 Å². The largest absolute Gasteiger partial charge is 0.322 e. The number of anilines is 4. The number of halogens is 2. The van der Waals surface area contributed by atoms with Crippen molar-refractivity contribution < 1.29 is 12.8 Å². The molecule has 1 aromatic carbocycles. The highest BCUT2D eigenvalue weighted by Crippen LogP contribution is 2.35. The predicted molar refractivity (Wildman–Crippen MR) is 139 cm³/mol. The van der Waals surface area contributed by atoms with Crippen molar-refractivity contribution in [1.29, 1.82) is 0 Å². The van der Waals surface area contributed by atoms with Gasteiger partial charge in [0.25, 0.3) is 0 Å². The SMILES string of the molecule is Cc1cc(Nc2nc(Nc3cc(C)c(C4CCN(C5CCS(=O)(=O)C5)CC4)cc3F)ncc2Cl)n[nH]1. The average Bonchev–Trinajstić information content (AvgIpc) is 3.42. The third-order valence-electron chi connectivity index (χ3n) is 6.99. The van der Waals surface area contributed by atoms with Crippen molar-refractivity contribution in [3.05, 3.63) is 52.1 Å². The normalized spacial score (nSPS) is 20.5. The molecule has 36 heavy (non-hydrogen) atoms. The minimum atomic E-state index is -2.90. The van der Waals surface area contributed by atoms with E-state index in [0.717, 1.165) is 42.8 Å². The molecule has 5 rings (SSSR count). The molecule has 9 nitrogen and oxygen atoms in total. The standard InChI is InChI=1S/C24H29ClFN7O2S/c1-14-9-21(28-24-27-12-19(25)23(30-24)29-22-10-15(2)31-32-22)20(26)11-18(14)16-3-6-33(7-4-16)17-5-8-36(34,35)13-17/h9-12,16-17H,3-8,13H2,1-2H3,(H3,27,28,29,30,31,32). The number of rotatable bonds is 6. The van der Waals surface area contributed by atoms with Crippen LogP contribution < -0.4 is 10.6 Å². The van der Waals surface area contributed by atoms with Gasteiger partial charge < -0.3 is 10.6 Å². The molecule has 192 valence electrons. The van der Waals surface area contributed by atoms with Gasteiger partial charge in [0.15, 0.2) is 21.5 Å². The number of aromatic amines is 1. The zero-order valence-corrected chi connectivity index (χ0v) is 21.8. The quantitative estimate of drug-likeness (QED) is 0.425. The Morgan fingerprint density at radius 1 is 1.14 bits per heavy atom. The van der Waals surface area contributed by atoms with Crippen LogP contribution in [0, 0.1) is 19.7 Å². The fourth-order valence-corrected chi connectivity index (χ4v) is 7.01. The van der Waals surface area contributed by atoms with Crippen molar-refractivity contribution in [3.8, 4) is 0 Å². The lowest BCUT2D eigenvalue weighted by atomic mass is 9.86. The number of aryl methyl sites for hydroxylation is 2. The second-order valence-corrected chi connectivity index (χ2v) is 12.3. The molecule has 12 heteroatoms. The number of nitrogens with zero attached hydrogens (tertiary/aromatic N) is 4. The van der Waals surface area contributed by atoms with Crippen LogP contribution in [0.1, 0.15) is 42.0 Å². The second-order valence-electron chi connectivity index (χ2n) is 9.63. The molecule has 3 N–H and O–H groups in total. The van der Waals surface area contributed by atoms with Crippen LogP contribution in [0.25, 0.3) is 0 Å². The summed E-state index contributed by atoms with van der Waals surface area (Å²) in [6.45, 7) is 5.52. The highest BCUT2D eigenvalue weighted by atomic mass is 35.5. The number of hydrogen-bond donors (Lipinski definition) is 3. The summed E-state index contributed by atoms with van der Waals surface area (Å²) in [5.74, 6) is 1.53. The first-order valence-electron chi connectivity index (χ1n) is 12.0. The molecule has 2 saturated heterocycles. The zero-order valence-electron chi connectivity index (χ0n) is 20.2. The average molecular weight is 534 g/mol. The molecule has 2 aliphatic heterocycles. The number of nitrogens with one attached hydrogen (secondary N) is 3. The number of hydrogen-bond acceptors (Lipinski definition) is 8. The third-order valence-corrected chi connectivity index (χ3v) is 9.02. The summed E-state index contributed by atoms with van der Waals surface area (Å²) in [5, 5.41) is 13.3. The van der Waals surface area contributed by atoms with Gasteiger partial charge in [-0.15, -0.1) is 0 Å². The molecule has 2 aromatic heterocycles. The predicted octanol–water partition coefficient (Wildman–Crippen LogP) is 4.46. The maximum atomic E-state index is 15.2. The number of likely N-dealkylation sites (tertiary alicyclic amines) is 1. The van der Waals surface area contributed by atoms with Gasteiger partial charge in [-0.05, 0) is 75.4 Å². The Kier molecular flexibility index (Phi) is 6.88. The first-order valence-corrected chi connectivity index (χ1v) is 14.2. The molecule has 0 bridgehead atoms. The van der Waals surface area contributed by atoms with Crippen molar-refractivity contribution in [2.75, 3.05) is 35.2 Å². The molecule has 0 amide bonds. The summed E-state index contributed by atoms with van der Waals surface area (Å²) in [5.41, 5.74) is 3.15. The summed E-state index contributed by atoms with van der Waals surface area (Å²) >= 11 is 6.22. The van der Waals surface area contributed by atoms with Crippen molar-refractivity contribution in [2.45, 2.75) is 45.1 Å². The molecule has 0 saturated carbocycles. The smallest absolute Gasteiger partial charge is 0.229 e. The van der Waals surface area contributed by atoms with E-state index < -0.39 is 9.84 Å². The molecule has 4 heterocycles. The molecular weight excluding hydrogens is 505 g/mol. The van der Waals surface area contributed by atoms with E-state index in [4.69, 9.17) is 11.6 Å². The summed E-state index contributed by atoms with van der Waals surface area (Å²) < 4.78 is 38.8. The summed E-state index contributed by atoms with van der Waals surface area (Å²) in [6.07, 6.45) is 3.92. The zero-order chi connectivity index (χ0) is 25.4. The fraction of sp³-hybridized carbons (Fsp3) is 0.458. The monoisotopic (exact) mass is 533 g/mol. The minimum Gasteiger partial charge on any atom is -0.322 e. The molecule has 1 unspecified atom stereocenters. The van der Waals surface area contributed by atoms with Crippen LogP contribution in [-0.2, 0) is 9.84 Å². The van der Waals surface area contributed by atoms with Crippen molar-refractivity contribution in [1.82, 2.24) is 25.1 Å². The topological polar surface area (TPSA) is 116 Å². The molecular formula is C24H29ClFN7O2S. The Labute approximate surface area is 214 Å². The number of piperidine rings is 1. The Hall–Kier alpha value is -2.76. The Morgan fingerprint density at radius 2 is 1.92 bits per heavy atom. The lowest BCUT2D eigenvalue weighted by Crippen LogP contribution is -2.41. The van der Waals surface area contributed by atoms with Crippen LogP contribution in [0.2, 0.25) is 5.02 Å². The number of benzene rings is 1. The Morgan fingerprint density at radius 3 is 2.58 bits per heavy atom. The second kappa shape index (κ2) is 9.95. The van der Waals surface area contributed by atoms with E-state index in [9.17, 15) is 8.42 Å². The Bertz CT molecular complexity index is 1370. The van der Waals surface area contributed by atoms with Crippen molar-refractivity contribution in [3.63, 3.8) is 0 Å². The molecule has 2 aliphatic rings. The molecule has 2 fully saturated rings. The maximum Gasteiger partial charge on any atom is 0.229 e. The summed E-state index contributed by atoms with van der Waals surface area (Å²) in [4.78, 5) is 10.8. The van der Waals surface area contributed by atoms with E-state index >= 15 is 4.39 Å². The molecule has 0 aliphatic carbocycles. The maximum absolute atomic E-state index is 15.2. The first-order chi connectivity index (χ1) is 17.2. The van der Waals surface area contributed by atoms with Gasteiger partial charge in [0.2, 0.25) is 5.95 Å². The first kappa shape index (κ1) is 24.9. The lowest BCUT2D eigenvalue weighted by molar-refractivity contribution is 0.164. The van der Waals surface area contributed by atoms with Crippen LogP contribution in [0.4, 0.5) is 27.7 Å². The Balaban J connectivity index is 1.26. The van der Waals surface area contributed by atoms with E-state index in [1.165, 1.54) is 6.20 Å². The number of H-pyrrole nitrogens is 1. The van der Waals surface area contributed by atoms with E-state index in [0.29, 0.717) is 23.1 Å². The van der Waals surface area contributed by atoms with E-state index in [-0.39, 0.29) is 40.9 Å². The summed E-state index contributed by atoms with van der Waals surface area (Å²) in [7, 11) is -2.90. The van der Waals surface area contributed by atoms with Gasteiger partial charge in [0.1, 0.15) is 10.8 Å². The lowest BCUT2D eigenvalue weighted by Gasteiger charge is -2.36. The summed E-state index contributed by atoms with van der Waals surface area (Å²) in [6, 6.07) is 5.31. The molecule has 1 atom stereocenters. The van der Waals surface area contributed by atoms with E-state index in [2.05, 4.69) is 35.7 Å². The van der Waals surface area contributed by atoms with Gasteiger partial charge in [0, 0.05) is 17.8 Å². The highest BCUT2D eigenvalue weighted by Gasteiger charge is 2.34. The molecule has 0 radical (unpaired) electrons. The van der Waals surface area contributed by atoms with Gasteiger partial charge in [-0.2, -0.15) is 10.1 Å². The van der Waals surface area contributed by atoms with Gasteiger partial charge in [-0.3, -0.25) is 10.00 Å². The van der Waals surface area contributed by atoms with Crippen molar-refractivity contribution >= 4 is 44.7 Å². The minimum absolute atomic E-state index is 0.121. The van der Waals surface area contributed by atoms with E-state index in [1.807, 2.05) is 19.9 Å². The third kappa shape index (κ3) is 5.47. The van der Waals surface area contributed by atoms with Crippen LogP contribution in [0.5, 0.6) is 0 Å². The number of sulfone groups is 1. The molecule has 3 aromatic rings. The van der Waals surface area contributed by atoms with Gasteiger partial charge in [-0.1, -0.05) is 11.6 Å². The van der Waals surface area contributed by atoms with Gasteiger partial charge in [0.05, 0.1) is 23.4 Å². The number of aromatic nitrogens is 4. The van der Waals surface area contributed by atoms with Crippen LogP contribution >= 0.6 is 11.6 Å². The van der Waals surface area contributed by atoms with Crippen LogP contribution in [0.15, 0.2) is 24.4 Å². The fourth-order valence-electron chi connectivity index (χ4n) is 5.11. The molecule has 0 spiro atoms. The van der Waals surface area contributed by atoms with Crippen LogP contribution in [-0.4, -0.2) is 64.1 Å². The van der Waals surface area contributed by atoms with Crippen LogP contribution in [0.3, 0.4) is 0 Å². The highest BCUT2D eigenvalue weighted by molar-refractivity contribution is 7.91.